The first-order chi connectivity index (χ1) is 10.1. The molecule has 0 bridgehead atoms. The van der Waals surface area contributed by atoms with Gasteiger partial charge in [-0.25, -0.2) is 0 Å². The van der Waals surface area contributed by atoms with Gasteiger partial charge >= 0.3 is 0 Å². The molecule has 21 heavy (non-hydrogen) atoms. The van der Waals surface area contributed by atoms with Gasteiger partial charge in [0.2, 0.25) is 0 Å². The van der Waals surface area contributed by atoms with Crippen molar-refractivity contribution in [2.45, 2.75) is 25.0 Å². The maximum atomic E-state index is 12.3. The number of aromatic nitrogens is 1. The van der Waals surface area contributed by atoms with Crippen molar-refractivity contribution < 1.29 is 9.90 Å². The van der Waals surface area contributed by atoms with E-state index < -0.39 is 6.10 Å². The van der Waals surface area contributed by atoms with Crippen LogP contribution >= 0.6 is 15.9 Å². The average molecular weight is 349 g/mol. The fraction of sp³-hybridized carbons (Fsp3) is 0.312. The summed E-state index contributed by atoms with van der Waals surface area (Å²) in [5, 5.41) is 12.9. The van der Waals surface area contributed by atoms with Crippen molar-refractivity contribution in [3.8, 4) is 0 Å². The van der Waals surface area contributed by atoms with E-state index in [1.54, 1.807) is 0 Å². The summed E-state index contributed by atoms with van der Waals surface area (Å²) in [4.78, 5) is 12.3. The molecule has 0 saturated heterocycles. The van der Waals surface area contributed by atoms with Gasteiger partial charge in [0.05, 0.1) is 6.10 Å². The van der Waals surface area contributed by atoms with Crippen LogP contribution in [0.15, 0.2) is 47.1 Å². The van der Waals surface area contributed by atoms with Gasteiger partial charge in [-0.1, -0.05) is 30.3 Å². The molecule has 1 amide bonds. The van der Waals surface area contributed by atoms with E-state index in [2.05, 4.69) is 21.2 Å². The van der Waals surface area contributed by atoms with Crippen LogP contribution in [0.2, 0.25) is 0 Å². The summed E-state index contributed by atoms with van der Waals surface area (Å²) in [6.45, 7) is 0.205. The van der Waals surface area contributed by atoms with Gasteiger partial charge in [-0.2, -0.15) is 0 Å². The molecule has 0 spiro atoms. The predicted octanol–water partition coefficient (Wildman–Crippen LogP) is 3.05. The molecule has 1 aromatic heterocycles. The quantitative estimate of drug-likeness (QED) is 0.872. The summed E-state index contributed by atoms with van der Waals surface area (Å²) >= 11 is 3.41. The molecule has 1 atom stereocenters. The van der Waals surface area contributed by atoms with Crippen molar-refractivity contribution in [3.05, 3.63) is 58.3 Å². The molecule has 5 heteroatoms. The van der Waals surface area contributed by atoms with E-state index in [4.69, 9.17) is 0 Å². The van der Waals surface area contributed by atoms with Gasteiger partial charge in [0, 0.05) is 23.3 Å². The zero-order chi connectivity index (χ0) is 14.8. The smallest absolute Gasteiger partial charge is 0.268 e. The third-order valence-electron chi connectivity index (χ3n) is 3.63. The Balaban J connectivity index is 1.64. The molecule has 1 unspecified atom stereocenters. The predicted molar refractivity (Wildman–Crippen MR) is 84.1 cm³/mol. The topological polar surface area (TPSA) is 54.3 Å². The first-order valence-corrected chi connectivity index (χ1v) is 7.83. The van der Waals surface area contributed by atoms with Crippen LogP contribution in [0.5, 0.6) is 0 Å². The van der Waals surface area contributed by atoms with E-state index in [-0.39, 0.29) is 12.5 Å². The Morgan fingerprint density at radius 2 is 2.10 bits per heavy atom. The van der Waals surface area contributed by atoms with Crippen LogP contribution in [0.25, 0.3) is 0 Å². The van der Waals surface area contributed by atoms with Crippen LogP contribution in [-0.2, 0) is 0 Å². The van der Waals surface area contributed by atoms with Gasteiger partial charge in [-0.15, -0.1) is 0 Å². The monoisotopic (exact) mass is 348 g/mol. The highest BCUT2D eigenvalue weighted by molar-refractivity contribution is 9.10. The van der Waals surface area contributed by atoms with Crippen LogP contribution in [0.1, 0.15) is 41.0 Å². The van der Waals surface area contributed by atoms with Crippen LogP contribution in [0.3, 0.4) is 0 Å². The largest absolute Gasteiger partial charge is 0.387 e. The Morgan fingerprint density at radius 1 is 1.38 bits per heavy atom. The molecule has 1 heterocycles. The van der Waals surface area contributed by atoms with Gasteiger partial charge in [-0.3, -0.25) is 4.79 Å². The fourth-order valence-electron chi connectivity index (χ4n) is 2.36. The minimum absolute atomic E-state index is 0.150. The molecule has 110 valence electrons. The van der Waals surface area contributed by atoms with Gasteiger partial charge in [-0.05, 0) is 40.4 Å². The number of nitrogens with zero attached hydrogens (tertiary/aromatic N) is 1. The maximum Gasteiger partial charge on any atom is 0.268 e. The lowest BCUT2D eigenvalue weighted by Crippen LogP contribution is -2.29. The van der Waals surface area contributed by atoms with E-state index in [1.165, 1.54) is 0 Å². The summed E-state index contributed by atoms with van der Waals surface area (Å²) in [5.41, 5.74) is 1.45. The number of benzene rings is 1. The van der Waals surface area contributed by atoms with Gasteiger partial charge in [0.25, 0.3) is 5.91 Å². The Labute approximate surface area is 131 Å². The average Bonchev–Trinajstić information content (AvgIpc) is 3.27. The van der Waals surface area contributed by atoms with Gasteiger partial charge in [0.1, 0.15) is 5.69 Å². The second-order valence-corrected chi connectivity index (χ2v) is 6.23. The van der Waals surface area contributed by atoms with Crippen molar-refractivity contribution in [1.29, 1.82) is 0 Å². The Hall–Kier alpha value is -1.59. The maximum absolute atomic E-state index is 12.3. The van der Waals surface area contributed by atoms with Crippen LogP contribution < -0.4 is 5.32 Å². The SMILES string of the molecule is O=C(NCC(O)c1ccccc1)c1cc(Br)cn1C1CC1. The number of carbonyl (C=O) groups is 1. The van der Waals surface area contributed by atoms with E-state index in [0.29, 0.717) is 11.7 Å². The number of halogens is 1. The van der Waals surface area contributed by atoms with Crippen LogP contribution in [0, 0.1) is 0 Å². The molecule has 1 aromatic carbocycles. The number of aliphatic hydroxyl groups is 1. The Morgan fingerprint density at radius 3 is 2.76 bits per heavy atom. The number of aliphatic hydroxyl groups excluding tert-OH is 1. The highest BCUT2D eigenvalue weighted by Crippen LogP contribution is 2.37. The summed E-state index contributed by atoms with van der Waals surface area (Å²) < 4.78 is 2.91. The number of nitrogens with one attached hydrogen (secondary N) is 1. The number of hydrogen-bond acceptors (Lipinski definition) is 2. The van der Waals surface area contributed by atoms with E-state index in [0.717, 1.165) is 22.9 Å². The summed E-state index contributed by atoms with van der Waals surface area (Å²) in [5.74, 6) is -0.150. The molecule has 3 rings (SSSR count). The number of carbonyl (C=O) groups excluding carboxylic acids is 1. The lowest BCUT2D eigenvalue weighted by Gasteiger charge is -2.13. The molecule has 1 aliphatic rings. The Bertz CT molecular complexity index is 635. The van der Waals surface area contributed by atoms with Crippen molar-refractivity contribution >= 4 is 21.8 Å². The van der Waals surface area contributed by atoms with Crippen LogP contribution in [0.4, 0.5) is 0 Å². The number of rotatable bonds is 5. The van der Waals surface area contributed by atoms with E-state index in [1.807, 2.05) is 47.2 Å². The molecular formula is C16H17BrN2O2. The molecule has 1 saturated carbocycles. The summed E-state index contributed by atoms with van der Waals surface area (Å²) in [6, 6.07) is 11.6. The molecule has 1 aliphatic carbocycles. The van der Waals surface area contributed by atoms with Gasteiger partial charge < -0.3 is 15.0 Å². The van der Waals surface area contributed by atoms with Crippen LogP contribution in [-0.4, -0.2) is 22.1 Å². The van der Waals surface area contributed by atoms with Gasteiger partial charge in [0.15, 0.2) is 0 Å². The minimum atomic E-state index is -0.692. The first-order valence-electron chi connectivity index (χ1n) is 7.03. The molecule has 1 fully saturated rings. The molecular weight excluding hydrogens is 332 g/mol. The molecule has 2 aromatic rings. The zero-order valence-corrected chi connectivity index (χ0v) is 13.1. The van der Waals surface area contributed by atoms with Crippen molar-refractivity contribution in [3.63, 3.8) is 0 Å². The fourth-order valence-corrected chi connectivity index (χ4v) is 2.79. The summed E-state index contributed by atoms with van der Waals surface area (Å²) in [7, 11) is 0. The second kappa shape index (κ2) is 6.03. The highest BCUT2D eigenvalue weighted by atomic mass is 79.9. The normalized spacial score (nSPS) is 15.7. The lowest BCUT2D eigenvalue weighted by atomic mass is 10.1. The minimum Gasteiger partial charge on any atom is -0.387 e. The first kappa shape index (κ1) is 14.4. The zero-order valence-electron chi connectivity index (χ0n) is 11.5. The van der Waals surface area contributed by atoms with Crippen molar-refractivity contribution in [1.82, 2.24) is 9.88 Å². The van der Waals surface area contributed by atoms with Crippen molar-refractivity contribution in [2.75, 3.05) is 6.54 Å². The molecule has 4 nitrogen and oxygen atoms in total. The second-order valence-electron chi connectivity index (χ2n) is 5.32. The number of amides is 1. The molecule has 0 radical (unpaired) electrons. The standard InChI is InChI=1S/C16H17BrN2O2/c17-12-8-14(19(10-12)13-6-7-13)16(21)18-9-15(20)11-4-2-1-3-5-11/h1-5,8,10,13,15,20H,6-7,9H2,(H,18,21). The van der Waals surface area contributed by atoms with E-state index >= 15 is 0 Å². The third kappa shape index (κ3) is 3.36. The van der Waals surface area contributed by atoms with Crippen molar-refractivity contribution in [2.24, 2.45) is 0 Å². The summed E-state index contributed by atoms with van der Waals surface area (Å²) in [6.07, 6.45) is 3.49. The Kier molecular flexibility index (Phi) is 4.12. The van der Waals surface area contributed by atoms with E-state index in [9.17, 15) is 9.90 Å². The molecule has 0 aliphatic heterocycles. The molecule has 2 N–H and O–H groups in total. The lowest BCUT2D eigenvalue weighted by molar-refractivity contribution is 0.0907. The third-order valence-corrected chi connectivity index (χ3v) is 4.06. The highest BCUT2D eigenvalue weighted by Gasteiger charge is 2.27. The number of hydrogen-bond donors (Lipinski definition) is 2.